The molecule has 0 aliphatic rings. The lowest BCUT2D eigenvalue weighted by Crippen LogP contribution is -1.88. The lowest BCUT2D eigenvalue weighted by molar-refractivity contribution is 0.743. The molecule has 2 aromatic carbocycles. The SMILES string of the molecule is BrC(CCC/C=C\c1ccccc1)c1ccccc1. The van der Waals surface area contributed by atoms with Gasteiger partial charge in [0.05, 0.1) is 0 Å². The summed E-state index contributed by atoms with van der Waals surface area (Å²) in [6.45, 7) is 0. The van der Waals surface area contributed by atoms with Gasteiger partial charge in [-0.05, 0) is 30.4 Å². The van der Waals surface area contributed by atoms with Crippen molar-refractivity contribution < 1.29 is 0 Å². The summed E-state index contributed by atoms with van der Waals surface area (Å²) >= 11 is 3.76. The van der Waals surface area contributed by atoms with Crippen LogP contribution in [0.4, 0.5) is 0 Å². The van der Waals surface area contributed by atoms with E-state index in [4.69, 9.17) is 0 Å². The summed E-state index contributed by atoms with van der Waals surface area (Å²) in [5.41, 5.74) is 2.65. The van der Waals surface area contributed by atoms with Crippen molar-refractivity contribution in [3.05, 3.63) is 77.9 Å². The van der Waals surface area contributed by atoms with Crippen molar-refractivity contribution in [3.63, 3.8) is 0 Å². The predicted molar refractivity (Wildman–Crippen MR) is 87.4 cm³/mol. The van der Waals surface area contributed by atoms with E-state index in [9.17, 15) is 0 Å². The summed E-state index contributed by atoms with van der Waals surface area (Å²) in [5, 5.41) is 0. The summed E-state index contributed by atoms with van der Waals surface area (Å²) in [5.74, 6) is 0. The Balaban J connectivity index is 1.71. The second-order valence-corrected chi connectivity index (χ2v) is 5.73. The van der Waals surface area contributed by atoms with Gasteiger partial charge in [0.2, 0.25) is 0 Å². The van der Waals surface area contributed by atoms with E-state index in [0.717, 1.165) is 6.42 Å². The molecule has 0 N–H and O–H groups in total. The Morgan fingerprint density at radius 2 is 1.53 bits per heavy atom. The van der Waals surface area contributed by atoms with E-state index in [0.29, 0.717) is 4.83 Å². The Morgan fingerprint density at radius 1 is 0.895 bits per heavy atom. The van der Waals surface area contributed by atoms with Crippen LogP contribution in [-0.4, -0.2) is 0 Å². The maximum absolute atomic E-state index is 3.76. The first-order valence-corrected chi connectivity index (χ1v) is 7.68. The molecule has 0 fully saturated rings. The lowest BCUT2D eigenvalue weighted by atomic mass is 10.1. The molecule has 19 heavy (non-hydrogen) atoms. The van der Waals surface area contributed by atoms with Gasteiger partial charge in [0.15, 0.2) is 0 Å². The van der Waals surface area contributed by atoms with E-state index in [1.807, 2.05) is 6.07 Å². The Labute approximate surface area is 124 Å². The number of hydrogen-bond donors (Lipinski definition) is 0. The normalized spacial score (nSPS) is 12.7. The smallest absolute Gasteiger partial charge is 0.0395 e. The van der Waals surface area contributed by atoms with Gasteiger partial charge in [-0.3, -0.25) is 0 Å². The average molecular weight is 315 g/mol. The number of rotatable bonds is 6. The molecule has 0 aliphatic heterocycles. The van der Waals surface area contributed by atoms with Crippen LogP contribution in [0.3, 0.4) is 0 Å². The highest BCUT2D eigenvalue weighted by Crippen LogP contribution is 2.27. The minimum absolute atomic E-state index is 0.471. The molecule has 0 saturated carbocycles. The molecular formula is C18H19Br. The number of benzene rings is 2. The molecule has 0 spiro atoms. The van der Waals surface area contributed by atoms with Crippen molar-refractivity contribution in [1.82, 2.24) is 0 Å². The maximum Gasteiger partial charge on any atom is 0.0395 e. The summed E-state index contributed by atoms with van der Waals surface area (Å²) in [6.07, 6.45) is 7.97. The van der Waals surface area contributed by atoms with Gasteiger partial charge in [-0.1, -0.05) is 88.7 Å². The van der Waals surface area contributed by atoms with Crippen molar-refractivity contribution in [3.8, 4) is 0 Å². The number of unbranched alkanes of at least 4 members (excludes halogenated alkanes) is 1. The highest BCUT2D eigenvalue weighted by atomic mass is 79.9. The van der Waals surface area contributed by atoms with Crippen molar-refractivity contribution in [1.29, 1.82) is 0 Å². The molecule has 2 aromatic rings. The summed E-state index contributed by atoms with van der Waals surface area (Å²) in [6, 6.07) is 21.1. The first kappa shape index (κ1) is 14.1. The minimum atomic E-state index is 0.471. The molecule has 0 aromatic heterocycles. The zero-order chi connectivity index (χ0) is 13.3. The fraction of sp³-hybridized carbons (Fsp3) is 0.222. The largest absolute Gasteiger partial charge is 0.0839 e. The molecule has 0 aliphatic carbocycles. The van der Waals surface area contributed by atoms with Crippen LogP contribution in [0.2, 0.25) is 0 Å². The molecule has 0 bridgehead atoms. The van der Waals surface area contributed by atoms with Gasteiger partial charge in [-0.2, -0.15) is 0 Å². The second kappa shape index (κ2) is 7.96. The Kier molecular flexibility index (Phi) is 5.90. The minimum Gasteiger partial charge on any atom is -0.0839 e. The third kappa shape index (κ3) is 5.04. The average Bonchev–Trinajstić information content (AvgIpc) is 2.49. The van der Waals surface area contributed by atoms with Gasteiger partial charge in [0.1, 0.15) is 0 Å². The number of hydrogen-bond acceptors (Lipinski definition) is 0. The number of halogens is 1. The summed E-state index contributed by atoms with van der Waals surface area (Å²) in [4.78, 5) is 0.471. The van der Waals surface area contributed by atoms with Gasteiger partial charge in [0.25, 0.3) is 0 Å². The fourth-order valence-electron chi connectivity index (χ4n) is 2.03. The first-order chi connectivity index (χ1) is 9.36. The first-order valence-electron chi connectivity index (χ1n) is 6.77. The van der Waals surface area contributed by atoms with Gasteiger partial charge < -0.3 is 0 Å². The van der Waals surface area contributed by atoms with E-state index in [1.165, 1.54) is 24.0 Å². The van der Waals surface area contributed by atoms with E-state index in [2.05, 4.69) is 82.7 Å². The van der Waals surface area contributed by atoms with Crippen LogP contribution in [-0.2, 0) is 0 Å². The standard InChI is InChI=1S/C18H19Br/c19-18(17-13-7-3-8-14-17)15-9-2-6-12-16-10-4-1-5-11-16/h1,3-8,10-14,18H,2,9,15H2/b12-6-. The molecule has 2 rings (SSSR count). The molecule has 1 unspecified atom stereocenters. The van der Waals surface area contributed by atoms with Gasteiger partial charge >= 0.3 is 0 Å². The lowest BCUT2D eigenvalue weighted by Gasteiger charge is -2.08. The van der Waals surface area contributed by atoms with Crippen LogP contribution >= 0.6 is 15.9 Å². The summed E-state index contributed by atoms with van der Waals surface area (Å²) in [7, 11) is 0. The quantitative estimate of drug-likeness (QED) is 0.452. The second-order valence-electron chi connectivity index (χ2n) is 4.62. The predicted octanol–water partition coefficient (Wildman–Crippen LogP) is 6.01. The highest BCUT2D eigenvalue weighted by Gasteiger charge is 2.04. The van der Waals surface area contributed by atoms with Crippen LogP contribution < -0.4 is 0 Å². The van der Waals surface area contributed by atoms with Crippen molar-refractivity contribution >= 4 is 22.0 Å². The Morgan fingerprint density at radius 3 is 2.21 bits per heavy atom. The molecule has 0 saturated heterocycles. The van der Waals surface area contributed by atoms with E-state index < -0.39 is 0 Å². The topological polar surface area (TPSA) is 0 Å². The van der Waals surface area contributed by atoms with Crippen molar-refractivity contribution in [2.75, 3.05) is 0 Å². The number of allylic oxidation sites excluding steroid dienone is 1. The molecule has 0 radical (unpaired) electrons. The maximum atomic E-state index is 3.76. The Bertz CT molecular complexity index is 488. The molecule has 98 valence electrons. The summed E-state index contributed by atoms with van der Waals surface area (Å²) < 4.78 is 0. The van der Waals surface area contributed by atoms with Crippen molar-refractivity contribution in [2.24, 2.45) is 0 Å². The highest BCUT2D eigenvalue weighted by molar-refractivity contribution is 9.09. The van der Waals surface area contributed by atoms with Crippen LogP contribution in [0.1, 0.15) is 35.2 Å². The van der Waals surface area contributed by atoms with Gasteiger partial charge in [-0.15, -0.1) is 0 Å². The van der Waals surface area contributed by atoms with Crippen LogP contribution in [0.5, 0.6) is 0 Å². The van der Waals surface area contributed by atoms with Crippen molar-refractivity contribution in [2.45, 2.75) is 24.1 Å². The molecule has 1 atom stereocenters. The Hall–Kier alpha value is -1.34. The molecule has 0 heterocycles. The third-order valence-corrected chi connectivity index (χ3v) is 4.09. The number of alkyl halides is 1. The van der Waals surface area contributed by atoms with Crippen LogP contribution in [0.15, 0.2) is 66.7 Å². The molecule has 0 nitrogen and oxygen atoms in total. The third-order valence-electron chi connectivity index (χ3n) is 3.10. The van der Waals surface area contributed by atoms with E-state index in [1.54, 1.807) is 0 Å². The van der Waals surface area contributed by atoms with Crippen LogP contribution in [0.25, 0.3) is 6.08 Å². The molecule has 0 amide bonds. The fourth-order valence-corrected chi connectivity index (χ4v) is 2.66. The molecular weight excluding hydrogens is 296 g/mol. The zero-order valence-corrected chi connectivity index (χ0v) is 12.6. The molecule has 1 heteroatoms. The van der Waals surface area contributed by atoms with E-state index in [-0.39, 0.29) is 0 Å². The van der Waals surface area contributed by atoms with E-state index >= 15 is 0 Å². The van der Waals surface area contributed by atoms with Gasteiger partial charge in [0, 0.05) is 4.83 Å². The monoisotopic (exact) mass is 314 g/mol. The van der Waals surface area contributed by atoms with Crippen LogP contribution in [0, 0.1) is 0 Å². The van der Waals surface area contributed by atoms with Gasteiger partial charge in [-0.25, -0.2) is 0 Å². The zero-order valence-electron chi connectivity index (χ0n) is 11.0.